The van der Waals surface area contributed by atoms with Crippen molar-refractivity contribution in [1.82, 2.24) is 15.1 Å². The topological polar surface area (TPSA) is 29.9 Å². The van der Waals surface area contributed by atoms with Crippen LogP contribution in [0.15, 0.2) is 0 Å². The molecule has 1 aromatic heterocycles. The SMILES string of the molecule is CCCNC(Cc1c(C)nn(C)c1Cl)CC1CCCC1. The molecule has 1 aliphatic carbocycles. The van der Waals surface area contributed by atoms with E-state index < -0.39 is 0 Å². The maximum absolute atomic E-state index is 6.38. The molecule has 4 heteroatoms. The van der Waals surface area contributed by atoms with E-state index in [1.807, 2.05) is 7.05 Å². The Morgan fingerprint density at radius 3 is 2.65 bits per heavy atom. The third kappa shape index (κ3) is 3.98. The van der Waals surface area contributed by atoms with E-state index in [0.717, 1.165) is 29.7 Å². The summed E-state index contributed by atoms with van der Waals surface area (Å²) in [5, 5.41) is 8.95. The van der Waals surface area contributed by atoms with Crippen LogP contribution >= 0.6 is 11.6 Å². The first-order valence-corrected chi connectivity index (χ1v) is 8.41. The molecule has 1 N–H and O–H groups in total. The Balaban J connectivity index is 2.01. The van der Waals surface area contributed by atoms with E-state index >= 15 is 0 Å². The van der Waals surface area contributed by atoms with Crippen LogP contribution in [0.1, 0.15) is 56.7 Å². The van der Waals surface area contributed by atoms with Crippen molar-refractivity contribution in [2.24, 2.45) is 13.0 Å². The summed E-state index contributed by atoms with van der Waals surface area (Å²) in [6.07, 6.45) is 9.12. The summed E-state index contributed by atoms with van der Waals surface area (Å²) in [5.74, 6) is 0.903. The lowest BCUT2D eigenvalue weighted by Crippen LogP contribution is -2.33. The van der Waals surface area contributed by atoms with Crippen molar-refractivity contribution in [3.05, 3.63) is 16.4 Å². The third-order valence-electron chi connectivity index (χ3n) is 4.50. The third-order valence-corrected chi connectivity index (χ3v) is 4.97. The molecule has 0 amide bonds. The number of aryl methyl sites for hydroxylation is 2. The van der Waals surface area contributed by atoms with E-state index in [-0.39, 0.29) is 0 Å². The van der Waals surface area contributed by atoms with Crippen LogP contribution in [0.5, 0.6) is 0 Å². The maximum Gasteiger partial charge on any atom is 0.130 e. The molecule has 1 unspecified atom stereocenters. The predicted molar refractivity (Wildman–Crippen MR) is 85.3 cm³/mol. The average molecular weight is 298 g/mol. The lowest BCUT2D eigenvalue weighted by molar-refractivity contribution is 0.384. The molecular formula is C16H28ClN3. The molecule has 3 nitrogen and oxygen atoms in total. The summed E-state index contributed by atoms with van der Waals surface area (Å²) in [5.41, 5.74) is 2.30. The van der Waals surface area contributed by atoms with Gasteiger partial charge >= 0.3 is 0 Å². The van der Waals surface area contributed by atoms with Gasteiger partial charge in [-0.3, -0.25) is 4.68 Å². The highest BCUT2D eigenvalue weighted by molar-refractivity contribution is 6.30. The van der Waals surface area contributed by atoms with E-state index in [0.29, 0.717) is 6.04 Å². The van der Waals surface area contributed by atoms with Crippen LogP contribution in [0.25, 0.3) is 0 Å². The first kappa shape index (κ1) is 15.8. The molecule has 0 aromatic carbocycles. The Hall–Kier alpha value is -0.540. The molecule has 1 saturated carbocycles. The van der Waals surface area contributed by atoms with Gasteiger partial charge in [-0.15, -0.1) is 0 Å². The Labute approximate surface area is 128 Å². The minimum atomic E-state index is 0.540. The molecule has 20 heavy (non-hydrogen) atoms. The molecule has 0 saturated heterocycles. The largest absolute Gasteiger partial charge is 0.314 e. The minimum absolute atomic E-state index is 0.540. The zero-order chi connectivity index (χ0) is 14.5. The monoisotopic (exact) mass is 297 g/mol. The molecule has 1 atom stereocenters. The van der Waals surface area contributed by atoms with Crippen LogP contribution in [0.2, 0.25) is 5.15 Å². The van der Waals surface area contributed by atoms with Gasteiger partial charge in [0.25, 0.3) is 0 Å². The number of rotatable bonds is 7. The van der Waals surface area contributed by atoms with Gasteiger partial charge in [0.1, 0.15) is 5.15 Å². The van der Waals surface area contributed by atoms with Crippen molar-refractivity contribution in [3.63, 3.8) is 0 Å². The van der Waals surface area contributed by atoms with Crippen molar-refractivity contribution < 1.29 is 0 Å². The predicted octanol–water partition coefficient (Wildman–Crippen LogP) is 3.87. The summed E-state index contributed by atoms with van der Waals surface area (Å²) in [4.78, 5) is 0. The highest BCUT2D eigenvalue weighted by atomic mass is 35.5. The molecule has 1 fully saturated rings. The average Bonchev–Trinajstić information content (AvgIpc) is 3.00. The number of halogens is 1. The van der Waals surface area contributed by atoms with Crippen molar-refractivity contribution >= 4 is 11.6 Å². The van der Waals surface area contributed by atoms with Crippen molar-refractivity contribution in [2.75, 3.05) is 6.54 Å². The molecule has 0 radical (unpaired) electrons. The first-order chi connectivity index (χ1) is 9.61. The van der Waals surface area contributed by atoms with Crippen molar-refractivity contribution in [3.8, 4) is 0 Å². The summed E-state index contributed by atoms with van der Waals surface area (Å²) >= 11 is 6.38. The van der Waals surface area contributed by atoms with Gasteiger partial charge in [0.15, 0.2) is 0 Å². The quantitative estimate of drug-likeness (QED) is 0.828. The molecular weight excluding hydrogens is 270 g/mol. The number of hydrogen-bond acceptors (Lipinski definition) is 2. The van der Waals surface area contributed by atoms with Gasteiger partial charge in [-0.1, -0.05) is 44.2 Å². The summed E-state index contributed by atoms with van der Waals surface area (Å²) in [7, 11) is 1.92. The maximum atomic E-state index is 6.38. The van der Waals surface area contributed by atoms with Crippen LogP contribution in [0, 0.1) is 12.8 Å². The van der Waals surface area contributed by atoms with Gasteiger partial charge in [0, 0.05) is 18.7 Å². The van der Waals surface area contributed by atoms with Gasteiger partial charge in [-0.2, -0.15) is 5.10 Å². The number of hydrogen-bond donors (Lipinski definition) is 1. The fourth-order valence-corrected chi connectivity index (χ4v) is 3.64. The van der Waals surface area contributed by atoms with Gasteiger partial charge in [-0.05, 0) is 38.6 Å². The Kier molecular flexibility index (Phi) is 5.91. The molecule has 1 heterocycles. The fourth-order valence-electron chi connectivity index (χ4n) is 3.39. The van der Waals surface area contributed by atoms with E-state index in [1.54, 1.807) is 4.68 Å². The molecule has 1 aromatic rings. The van der Waals surface area contributed by atoms with Gasteiger partial charge < -0.3 is 5.32 Å². The van der Waals surface area contributed by atoms with Gasteiger partial charge in [0.2, 0.25) is 0 Å². The zero-order valence-electron chi connectivity index (χ0n) is 13.1. The van der Waals surface area contributed by atoms with Crippen LogP contribution in [0.3, 0.4) is 0 Å². The fraction of sp³-hybridized carbons (Fsp3) is 0.812. The van der Waals surface area contributed by atoms with E-state index in [9.17, 15) is 0 Å². The molecule has 2 rings (SSSR count). The second-order valence-corrected chi connectivity index (χ2v) is 6.58. The zero-order valence-corrected chi connectivity index (χ0v) is 13.8. The van der Waals surface area contributed by atoms with E-state index in [4.69, 9.17) is 11.6 Å². The van der Waals surface area contributed by atoms with Gasteiger partial charge in [-0.25, -0.2) is 0 Å². The normalized spacial score (nSPS) is 17.8. The molecule has 0 spiro atoms. The Morgan fingerprint density at radius 1 is 1.40 bits per heavy atom. The highest BCUT2D eigenvalue weighted by Gasteiger charge is 2.22. The lowest BCUT2D eigenvalue weighted by atomic mass is 9.94. The van der Waals surface area contributed by atoms with E-state index in [1.165, 1.54) is 44.1 Å². The smallest absolute Gasteiger partial charge is 0.130 e. The van der Waals surface area contributed by atoms with Crippen LogP contribution in [-0.4, -0.2) is 22.4 Å². The lowest BCUT2D eigenvalue weighted by Gasteiger charge is -2.22. The number of nitrogens with zero attached hydrogens (tertiary/aromatic N) is 2. The van der Waals surface area contributed by atoms with Crippen LogP contribution in [0.4, 0.5) is 0 Å². The Morgan fingerprint density at radius 2 is 2.10 bits per heavy atom. The van der Waals surface area contributed by atoms with Crippen molar-refractivity contribution in [2.45, 2.75) is 64.8 Å². The second-order valence-electron chi connectivity index (χ2n) is 6.22. The molecule has 1 aliphatic rings. The summed E-state index contributed by atoms with van der Waals surface area (Å²) < 4.78 is 1.79. The molecule has 114 valence electrons. The number of aromatic nitrogens is 2. The van der Waals surface area contributed by atoms with Gasteiger partial charge in [0.05, 0.1) is 5.69 Å². The van der Waals surface area contributed by atoms with Crippen molar-refractivity contribution in [1.29, 1.82) is 0 Å². The molecule has 0 aliphatic heterocycles. The summed E-state index contributed by atoms with van der Waals surface area (Å²) in [6.45, 7) is 5.38. The standard InChI is InChI=1S/C16H28ClN3/c1-4-9-18-14(10-13-7-5-6-8-13)11-15-12(2)19-20(3)16(15)17/h13-14,18H,4-11H2,1-3H3. The second kappa shape index (κ2) is 7.46. The molecule has 0 bridgehead atoms. The van der Waals surface area contributed by atoms with Crippen LogP contribution < -0.4 is 5.32 Å². The highest BCUT2D eigenvalue weighted by Crippen LogP contribution is 2.30. The summed E-state index contributed by atoms with van der Waals surface area (Å²) in [6, 6.07) is 0.540. The number of nitrogens with one attached hydrogen (secondary N) is 1. The van der Waals surface area contributed by atoms with Crippen LogP contribution in [-0.2, 0) is 13.5 Å². The minimum Gasteiger partial charge on any atom is -0.314 e. The van der Waals surface area contributed by atoms with E-state index in [2.05, 4.69) is 24.3 Å². The first-order valence-electron chi connectivity index (χ1n) is 8.03. The Bertz CT molecular complexity index is 422.